The summed E-state index contributed by atoms with van der Waals surface area (Å²) >= 11 is 0. The maximum Gasteiger partial charge on any atom is 0.240 e. The summed E-state index contributed by atoms with van der Waals surface area (Å²) in [6, 6.07) is 12.6. The molecule has 5 nitrogen and oxygen atoms in total. The molecule has 1 aliphatic heterocycles. The van der Waals surface area contributed by atoms with Crippen molar-refractivity contribution in [2.24, 2.45) is 0 Å². The Bertz CT molecular complexity index is 907. The van der Waals surface area contributed by atoms with Gasteiger partial charge in [0.2, 0.25) is 15.9 Å². The average Bonchev–Trinajstić information content (AvgIpc) is 2.99. The summed E-state index contributed by atoms with van der Waals surface area (Å²) in [5, 5.41) is 0. The first-order chi connectivity index (χ1) is 11.9. The van der Waals surface area contributed by atoms with E-state index < -0.39 is 10.0 Å². The number of carbonyl (C=O) groups is 1. The van der Waals surface area contributed by atoms with Crippen molar-refractivity contribution in [2.45, 2.75) is 38.1 Å². The van der Waals surface area contributed by atoms with Gasteiger partial charge < -0.3 is 4.90 Å². The predicted octanol–water partition coefficient (Wildman–Crippen LogP) is 2.91. The quantitative estimate of drug-likeness (QED) is 0.894. The molecule has 0 radical (unpaired) electrons. The zero-order valence-corrected chi connectivity index (χ0v) is 15.3. The van der Waals surface area contributed by atoms with Gasteiger partial charge in [0.15, 0.2) is 0 Å². The van der Waals surface area contributed by atoms with E-state index in [1.54, 1.807) is 23.1 Å². The van der Waals surface area contributed by atoms with Crippen LogP contribution in [0.4, 0.5) is 5.69 Å². The SMILES string of the molecule is Cc1cccc(CNS(=O)(=O)c2ccc(N3CCCC3=O)c(C)c2)c1. The van der Waals surface area contributed by atoms with Crippen LogP contribution in [-0.4, -0.2) is 20.9 Å². The van der Waals surface area contributed by atoms with E-state index in [0.717, 1.165) is 28.8 Å². The third-order valence-corrected chi connectivity index (χ3v) is 5.79. The number of sulfonamides is 1. The van der Waals surface area contributed by atoms with Crippen molar-refractivity contribution < 1.29 is 13.2 Å². The molecule has 1 heterocycles. The smallest absolute Gasteiger partial charge is 0.240 e. The molecule has 1 saturated heterocycles. The summed E-state index contributed by atoms with van der Waals surface area (Å²) in [6.45, 7) is 4.74. The van der Waals surface area contributed by atoms with Crippen molar-refractivity contribution in [3.05, 3.63) is 59.2 Å². The lowest BCUT2D eigenvalue weighted by Crippen LogP contribution is -2.26. The van der Waals surface area contributed by atoms with Crippen LogP contribution in [-0.2, 0) is 21.4 Å². The van der Waals surface area contributed by atoms with E-state index in [2.05, 4.69) is 4.72 Å². The Balaban J connectivity index is 1.78. The fourth-order valence-electron chi connectivity index (χ4n) is 3.08. The van der Waals surface area contributed by atoms with Crippen molar-refractivity contribution in [1.29, 1.82) is 0 Å². The fraction of sp³-hybridized carbons (Fsp3) is 0.316. The summed E-state index contributed by atoms with van der Waals surface area (Å²) in [4.78, 5) is 13.8. The van der Waals surface area contributed by atoms with Gasteiger partial charge in [0.25, 0.3) is 0 Å². The Labute approximate surface area is 148 Å². The van der Waals surface area contributed by atoms with Crippen molar-refractivity contribution in [3.63, 3.8) is 0 Å². The van der Waals surface area contributed by atoms with Crippen molar-refractivity contribution in [3.8, 4) is 0 Å². The molecule has 0 unspecified atom stereocenters. The minimum Gasteiger partial charge on any atom is -0.312 e. The number of carbonyl (C=O) groups excluding carboxylic acids is 1. The molecular weight excluding hydrogens is 336 g/mol. The lowest BCUT2D eigenvalue weighted by Gasteiger charge is -2.19. The van der Waals surface area contributed by atoms with Crippen LogP contribution >= 0.6 is 0 Å². The molecule has 2 aromatic carbocycles. The minimum absolute atomic E-state index is 0.0938. The van der Waals surface area contributed by atoms with E-state index >= 15 is 0 Å². The van der Waals surface area contributed by atoms with Crippen LogP contribution in [0.3, 0.4) is 0 Å². The van der Waals surface area contributed by atoms with Gasteiger partial charge in [-0.1, -0.05) is 29.8 Å². The molecule has 0 spiro atoms. The number of nitrogens with zero attached hydrogens (tertiary/aromatic N) is 1. The summed E-state index contributed by atoms with van der Waals surface area (Å²) in [7, 11) is -3.60. The zero-order chi connectivity index (χ0) is 18.0. The highest BCUT2D eigenvalue weighted by molar-refractivity contribution is 7.89. The normalized spacial score (nSPS) is 15.0. The van der Waals surface area contributed by atoms with E-state index in [9.17, 15) is 13.2 Å². The van der Waals surface area contributed by atoms with Gasteiger partial charge in [-0.3, -0.25) is 4.79 Å². The van der Waals surface area contributed by atoms with Crippen LogP contribution < -0.4 is 9.62 Å². The topological polar surface area (TPSA) is 66.5 Å². The molecule has 0 bridgehead atoms. The molecule has 132 valence electrons. The van der Waals surface area contributed by atoms with Crippen LogP contribution in [0.1, 0.15) is 29.5 Å². The summed E-state index contributed by atoms with van der Waals surface area (Å²) in [5.74, 6) is 0.0938. The number of hydrogen-bond donors (Lipinski definition) is 1. The van der Waals surface area contributed by atoms with Gasteiger partial charge >= 0.3 is 0 Å². The lowest BCUT2D eigenvalue weighted by molar-refractivity contribution is -0.117. The molecular formula is C19H22N2O3S. The number of amides is 1. The number of benzene rings is 2. The van der Waals surface area contributed by atoms with Gasteiger partial charge in [0.1, 0.15) is 0 Å². The molecule has 1 fully saturated rings. The first-order valence-corrected chi connectivity index (χ1v) is 9.81. The second kappa shape index (κ2) is 6.98. The Morgan fingerprint density at radius 3 is 2.56 bits per heavy atom. The van der Waals surface area contributed by atoms with Crippen molar-refractivity contribution >= 4 is 21.6 Å². The molecule has 6 heteroatoms. The monoisotopic (exact) mass is 358 g/mol. The van der Waals surface area contributed by atoms with Crippen molar-refractivity contribution in [2.75, 3.05) is 11.4 Å². The first-order valence-electron chi connectivity index (χ1n) is 8.33. The first kappa shape index (κ1) is 17.6. The molecule has 0 aromatic heterocycles. The van der Waals surface area contributed by atoms with E-state index in [1.165, 1.54) is 0 Å². The van der Waals surface area contributed by atoms with Crippen LogP contribution in [0.2, 0.25) is 0 Å². The number of hydrogen-bond acceptors (Lipinski definition) is 3. The highest BCUT2D eigenvalue weighted by Gasteiger charge is 2.24. The number of rotatable bonds is 5. The lowest BCUT2D eigenvalue weighted by atomic mass is 10.1. The Kier molecular flexibility index (Phi) is 4.92. The predicted molar refractivity (Wildman–Crippen MR) is 98.0 cm³/mol. The van der Waals surface area contributed by atoms with Crippen LogP contribution in [0.5, 0.6) is 0 Å². The molecule has 1 amide bonds. The highest BCUT2D eigenvalue weighted by Crippen LogP contribution is 2.27. The van der Waals surface area contributed by atoms with E-state index in [-0.39, 0.29) is 17.3 Å². The van der Waals surface area contributed by atoms with Gasteiger partial charge in [0.05, 0.1) is 4.90 Å². The number of anilines is 1. The Hall–Kier alpha value is -2.18. The van der Waals surface area contributed by atoms with Crippen LogP contribution in [0.15, 0.2) is 47.4 Å². The summed E-state index contributed by atoms with van der Waals surface area (Å²) in [5.41, 5.74) is 3.58. The van der Waals surface area contributed by atoms with Crippen LogP contribution in [0, 0.1) is 13.8 Å². The molecule has 1 N–H and O–H groups in total. The second-order valence-corrected chi connectivity index (χ2v) is 8.18. The molecule has 0 saturated carbocycles. The van der Waals surface area contributed by atoms with Crippen molar-refractivity contribution in [1.82, 2.24) is 4.72 Å². The van der Waals surface area contributed by atoms with Gasteiger partial charge in [-0.05, 0) is 49.6 Å². The van der Waals surface area contributed by atoms with Gasteiger partial charge in [-0.2, -0.15) is 0 Å². The zero-order valence-electron chi connectivity index (χ0n) is 14.5. The van der Waals surface area contributed by atoms with E-state index in [1.807, 2.05) is 38.1 Å². The molecule has 0 atom stereocenters. The summed E-state index contributed by atoms with van der Waals surface area (Å²) < 4.78 is 27.7. The molecule has 1 aliphatic rings. The average molecular weight is 358 g/mol. The molecule has 3 rings (SSSR count). The third kappa shape index (κ3) is 3.91. The number of aryl methyl sites for hydroxylation is 2. The summed E-state index contributed by atoms with van der Waals surface area (Å²) in [6.07, 6.45) is 1.40. The van der Waals surface area contributed by atoms with Crippen LogP contribution in [0.25, 0.3) is 0 Å². The number of nitrogens with one attached hydrogen (secondary N) is 1. The van der Waals surface area contributed by atoms with Gasteiger partial charge in [-0.15, -0.1) is 0 Å². The third-order valence-electron chi connectivity index (χ3n) is 4.39. The minimum atomic E-state index is -3.60. The maximum atomic E-state index is 12.5. The Morgan fingerprint density at radius 2 is 1.92 bits per heavy atom. The van der Waals surface area contributed by atoms with E-state index in [0.29, 0.717) is 13.0 Å². The van der Waals surface area contributed by atoms with Gasteiger partial charge in [-0.25, -0.2) is 13.1 Å². The molecule has 2 aromatic rings. The Morgan fingerprint density at radius 1 is 1.12 bits per heavy atom. The van der Waals surface area contributed by atoms with Gasteiger partial charge in [0, 0.05) is 25.2 Å². The fourth-order valence-corrected chi connectivity index (χ4v) is 4.19. The maximum absolute atomic E-state index is 12.5. The molecule has 0 aliphatic carbocycles. The molecule has 25 heavy (non-hydrogen) atoms. The largest absolute Gasteiger partial charge is 0.312 e. The standard InChI is InChI=1S/C19H22N2O3S/c1-14-5-3-6-16(11-14)13-20-25(23,24)17-8-9-18(15(2)12-17)21-10-4-7-19(21)22/h3,5-6,8-9,11-12,20H,4,7,10,13H2,1-2H3. The van der Waals surface area contributed by atoms with E-state index in [4.69, 9.17) is 0 Å². The second-order valence-electron chi connectivity index (χ2n) is 6.41. The highest BCUT2D eigenvalue weighted by atomic mass is 32.2.